The van der Waals surface area contributed by atoms with Gasteiger partial charge in [-0.05, 0) is 42.8 Å². The molecule has 1 heterocycles. The SMILES string of the molecule is C=Cc1ccccc1N=C(C)C(=O)Nc1ccccc1C1=Nc2ccccc2C(=C)O1. The number of amides is 1. The highest BCUT2D eigenvalue weighted by molar-refractivity contribution is 6.43. The second kappa shape index (κ2) is 8.63. The molecular weight excluding hydrogens is 386 g/mol. The number of carbonyl (C=O) groups excluding carboxylic acids is 1. The summed E-state index contributed by atoms with van der Waals surface area (Å²) in [7, 11) is 0. The molecule has 0 radical (unpaired) electrons. The van der Waals surface area contributed by atoms with Gasteiger partial charge in [0.25, 0.3) is 5.91 Å². The molecule has 1 aliphatic rings. The van der Waals surface area contributed by atoms with Gasteiger partial charge >= 0.3 is 0 Å². The molecule has 0 spiro atoms. The molecule has 0 saturated heterocycles. The van der Waals surface area contributed by atoms with Crippen molar-refractivity contribution in [2.75, 3.05) is 5.32 Å². The Balaban J connectivity index is 1.63. The van der Waals surface area contributed by atoms with Crippen LogP contribution in [0.1, 0.15) is 23.6 Å². The first-order valence-corrected chi connectivity index (χ1v) is 9.79. The molecule has 3 aromatic rings. The molecular formula is C26H21N3O2. The summed E-state index contributed by atoms with van der Waals surface area (Å²) in [5.74, 6) is 0.577. The zero-order valence-electron chi connectivity index (χ0n) is 17.1. The van der Waals surface area contributed by atoms with Crippen molar-refractivity contribution in [1.29, 1.82) is 0 Å². The molecule has 1 aliphatic heterocycles. The van der Waals surface area contributed by atoms with Gasteiger partial charge in [0.05, 0.1) is 22.6 Å². The molecule has 5 heteroatoms. The molecule has 0 atom stereocenters. The van der Waals surface area contributed by atoms with Gasteiger partial charge in [-0.3, -0.25) is 4.79 Å². The van der Waals surface area contributed by atoms with E-state index >= 15 is 0 Å². The third-order valence-electron chi connectivity index (χ3n) is 4.83. The van der Waals surface area contributed by atoms with Gasteiger partial charge in [0.1, 0.15) is 11.5 Å². The third-order valence-corrected chi connectivity index (χ3v) is 4.83. The lowest BCUT2D eigenvalue weighted by Crippen LogP contribution is -2.22. The molecule has 4 rings (SSSR count). The van der Waals surface area contributed by atoms with Gasteiger partial charge < -0.3 is 10.1 Å². The maximum atomic E-state index is 12.8. The minimum absolute atomic E-state index is 0.318. The molecule has 3 aromatic carbocycles. The smallest absolute Gasteiger partial charge is 0.269 e. The Hall–Kier alpha value is -4.25. The predicted molar refractivity (Wildman–Crippen MR) is 127 cm³/mol. The van der Waals surface area contributed by atoms with E-state index in [1.165, 1.54) is 0 Å². The van der Waals surface area contributed by atoms with Crippen LogP contribution in [0.2, 0.25) is 0 Å². The molecule has 0 bridgehead atoms. The van der Waals surface area contributed by atoms with Gasteiger partial charge in [0, 0.05) is 5.56 Å². The van der Waals surface area contributed by atoms with E-state index in [4.69, 9.17) is 4.74 Å². The number of hydrogen-bond acceptors (Lipinski definition) is 4. The van der Waals surface area contributed by atoms with Crippen LogP contribution >= 0.6 is 0 Å². The lowest BCUT2D eigenvalue weighted by atomic mass is 10.1. The minimum atomic E-state index is -0.318. The molecule has 31 heavy (non-hydrogen) atoms. The number of para-hydroxylation sites is 3. The molecule has 1 amide bonds. The van der Waals surface area contributed by atoms with Crippen LogP contribution in [-0.4, -0.2) is 17.5 Å². The molecule has 1 N–H and O–H groups in total. The summed E-state index contributed by atoms with van der Waals surface area (Å²) in [6.07, 6.45) is 1.71. The van der Waals surface area contributed by atoms with E-state index in [1.807, 2.05) is 66.7 Å². The topological polar surface area (TPSA) is 63.0 Å². The first kappa shape index (κ1) is 20.0. The fourth-order valence-corrected chi connectivity index (χ4v) is 3.21. The average molecular weight is 407 g/mol. The summed E-state index contributed by atoms with van der Waals surface area (Å²) >= 11 is 0. The Morgan fingerprint density at radius 3 is 2.48 bits per heavy atom. The van der Waals surface area contributed by atoms with Gasteiger partial charge in [0.15, 0.2) is 0 Å². The number of nitrogens with one attached hydrogen (secondary N) is 1. The fraction of sp³-hybridized carbons (Fsp3) is 0.0385. The summed E-state index contributed by atoms with van der Waals surface area (Å²) in [5.41, 5.74) is 4.72. The van der Waals surface area contributed by atoms with E-state index in [1.54, 1.807) is 19.1 Å². The van der Waals surface area contributed by atoms with Gasteiger partial charge in [-0.15, -0.1) is 0 Å². The van der Waals surface area contributed by atoms with Crippen LogP contribution in [0.3, 0.4) is 0 Å². The van der Waals surface area contributed by atoms with Gasteiger partial charge in [-0.1, -0.05) is 61.7 Å². The number of fused-ring (bicyclic) bond motifs is 1. The fourth-order valence-electron chi connectivity index (χ4n) is 3.21. The molecule has 152 valence electrons. The van der Waals surface area contributed by atoms with Gasteiger partial charge in [-0.25, -0.2) is 9.98 Å². The highest BCUT2D eigenvalue weighted by Gasteiger charge is 2.21. The van der Waals surface area contributed by atoms with E-state index in [-0.39, 0.29) is 5.91 Å². The zero-order valence-corrected chi connectivity index (χ0v) is 17.1. The Bertz CT molecular complexity index is 1250. The maximum Gasteiger partial charge on any atom is 0.269 e. The van der Waals surface area contributed by atoms with Crippen LogP contribution in [0.4, 0.5) is 17.1 Å². The number of ether oxygens (including phenoxy) is 1. The number of anilines is 1. The van der Waals surface area contributed by atoms with Crippen molar-refractivity contribution in [2.45, 2.75) is 6.92 Å². The second-order valence-electron chi connectivity index (χ2n) is 6.92. The quantitative estimate of drug-likeness (QED) is 0.516. The van der Waals surface area contributed by atoms with Gasteiger partial charge in [0.2, 0.25) is 5.90 Å². The molecule has 0 aromatic heterocycles. The van der Waals surface area contributed by atoms with E-state index < -0.39 is 0 Å². The minimum Gasteiger partial charge on any atom is -0.438 e. The Morgan fingerprint density at radius 1 is 1.00 bits per heavy atom. The average Bonchev–Trinajstić information content (AvgIpc) is 2.79. The Kier molecular flexibility index (Phi) is 5.58. The third kappa shape index (κ3) is 4.21. The lowest BCUT2D eigenvalue weighted by Gasteiger charge is -2.20. The van der Waals surface area contributed by atoms with E-state index in [0.717, 1.165) is 16.8 Å². The van der Waals surface area contributed by atoms with E-state index in [9.17, 15) is 4.79 Å². The number of carbonyl (C=O) groups is 1. The molecule has 0 fully saturated rings. The predicted octanol–water partition coefficient (Wildman–Crippen LogP) is 6.14. The van der Waals surface area contributed by atoms with Crippen molar-refractivity contribution >= 4 is 46.4 Å². The lowest BCUT2D eigenvalue weighted by molar-refractivity contribution is -0.110. The molecule has 0 unspecified atom stereocenters. The summed E-state index contributed by atoms with van der Waals surface area (Å²) in [6.45, 7) is 9.46. The van der Waals surface area contributed by atoms with Crippen molar-refractivity contribution in [1.82, 2.24) is 0 Å². The van der Waals surface area contributed by atoms with Crippen LogP contribution in [0.15, 0.2) is 95.9 Å². The Morgan fingerprint density at radius 2 is 1.68 bits per heavy atom. The summed E-state index contributed by atoms with van der Waals surface area (Å²) in [6, 6.07) is 22.5. The highest BCUT2D eigenvalue weighted by Crippen LogP contribution is 2.33. The van der Waals surface area contributed by atoms with Crippen molar-refractivity contribution in [3.05, 3.63) is 103 Å². The highest BCUT2D eigenvalue weighted by atomic mass is 16.5. The normalized spacial score (nSPS) is 13.0. The first-order chi connectivity index (χ1) is 15.1. The first-order valence-electron chi connectivity index (χ1n) is 9.79. The standard InChI is InChI=1S/C26H21N3O2/c1-4-19-11-5-8-14-22(19)27-17(2)25(30)28-24-16-10-7-13-21(24)26-29-23-15-9-6-12-20(23)18(3)31-26/h4-16H,1,3H2,2H3,(H,28,30). The summed E-state index contributed by atoms with van der Waals surface area (Å²) in [4.78, 5) is 21.9. The number of hydrogen-bond donors (Lipinski definition) is 1. The summed E-state index contributed by atoms with van der Waals surface area (Å²) < 4.78 is 5.87. The number of benzene rings is 3. The zero-order chi connectivity index (χ0) is 21.8. The molecule has 5 nitrogen and oxygen atoms in total. The van der Waals surface area contributed by atoms with Crippen molar-refractivity contribution < 1.29 is 9.53 Å². The largest absolute Gasteiger partial charge is 0.438 e. The van der Waals surface area contributed by atoms with Crippen LogP contribution < -0.4 is 5.32 Å². The van der Waals surface area contributed by atoms with Crippen LogP contribution in [0.5, 0.6) is 0 Å². The molecule has 0 saturated carbocycles. The van der Waals surface area contributed by atoms with E-state index in [0.29, 0.717) is 34.3 Å². The number of rotatable bonds is 5. The second-order valence-corrected chi connectivity index (χ2v) is 6.92. The number of nitrogens with zero attached hydrogens (tertiary/aromatic N) is 2. The summed E-state index contributed by atoms with van der Waals surface area (Å²) in [5, 5.41) is 2.92. The molecule has 0 aliphatic carbocycles. The Labute approximate surface area is 181 Å². The van der Waals surface area contributed by atoms with Crippen molar-refractivity contribution in [3.8, 4) is 0 Å². The van der Waals surface area contributed by atoms with Gasteiger partial charge in [-0.2, -0.15) is 0 Å². The van der Waals surface area contributed by atoms with Crippen molar-refractivity contribution in [2.24, 2.45) is 9.98 Å². The number of aliphatic imine (C=N–C) groups is 2. The van der Waals surface area contributed by atoms with Crippen LogP contribution in [0, 0.1) is 0 Å². The van der Waals surface area contributed by atoms with Crippen LogP contribution in [0.25, 0.3) is 11.8 Å². The maximum absolute atomic E-state index is 12.8. The van der Waals surface area contributed by atoms with E-state index in [2.05, 4.69) is 28.5 Å². The van der Waals surface area contributed by atoms with Crippen LogP contribution in [-0.2, 0) is 9.53 Å². The van der Waals surface area contributed by atoms with Crippen molar-refractivity contribution in [3.63, 3.8) is 0 Å². The monoisotopic (exact) mass is 407 g/mol.